The molecule has 0 aromatic heterocycles. The second-order valence-electron chi connectivity index (χ2n) is 6.90. The first-order valence-corrected chi connectivity index (χ1v) is 10.4. The van der Waals surface area contributed by atoms with Crippen molar-refractivity contribution in [2.45, 2.75) is 32.4 Å². The molecule has 1 aliphatic rings. The lowest BCUT2D eigenvalue weighted by atomic mass is 10.1. The van der Waals surface area contributed by atoms with Crippen molar-refractivity contribution in [3.05, 3.63) is 53.6 Å². The molecule has 0 bridgehead atoms. The van der Waals surface area contributed by atoms with Gasteiger partial charge in [0.25, 0.3) is 0 Å². The van der Waals surface area contributed by atoms with Gasteiger partial charge in [-0.25, -0.2) is 4.99 Å². The van der Waals surface area contributed by atoms with Crippen molar-refractivity contribution >= 4 is 40.1 Å². The largest absolute Gasteiger partial charge is 0.494 e. The average Bonchev–Trinajstić information content (AvgIpc) is 2.94. The summed E-state index contributed by atoms with van der Waals surface area (Å²) in [5.74, 6) is 0.481. The number of nitrogens with one attached hydrogen (secondary N) is 1. The van der Waals surface area contributed by atoms with Crippen LogP contribution in [0, 0.1) is 13.8 Å². The third kappa shape index (κ3) is 5.17. The van der Waals surface area contributed by atoms with Crippen LogP contribution in [0.5, 0.6) is 5.75 Å². The number of carbonyl (C=O) groups excluding carboxylic acids is 2. The van der Waals surface area contributed by atoms with Crippen LogP contribution in [-0.4, -0.2) is 40.8 Å². The van der Waals surface area contributed by atoms with Gasteiger partial charge in [0.15, 0.2) is 5.17 Å². The molecule has 0 aliphatic carbocycles. The summed E-state index contributed by atoms with van der Waals surface area (Å²) in [7, 11) is 1.69. The molecule has 6 nitrogen and oxygen atoms in total. The van der Waals surface area contributed by atoms with Crippen molar-refractivity contribution in [2.24, 2.45) is 4.99 Å². The predicted octanol–water partition coefficient (Wildman–Crippen LogP) is 4.29. The molecule has 1 atom stereocenters. The van der Waals surface area contributed by atoms with Gasteiger partial charge in [0.05, 0.1) is 12.3 Å². The first-order valence-electron chi connectivity index (χ1n) is 9.50. The van der Waals surface area contributed by atoms with Gasteiger partial charge in [0.1, 0.15) is 11.0 Å². The Hall–Kier alpha value is -2.80. The van der Waals surface area contributed by atoms with Gasteiger partial charge < -0.3 is 10.1 Å². The fourth-order valence-electron chi connectivity index (χ4n) is 3.01. The molecule has 2 aromatic rings. The van der Waals surface area contributed by atoms with Crippen molar-refractivity contribution in [1.82, 2.24) is 4.90 Å². The zero-order chi connectivity index (χ0) is 21.0. The van der Waals surface area contributed by atoms with E-state index in [1.807, 2.05) is 63.2 Å². The van der Waals surface area contributed by atoms with E-state index in [0.717, 1.165) is 28.3 Å². The van der Waals surface area contributed by atoms with Gasteiger partial charge in [-0.05, 0) is 56.7 Å². The minimum atomic E-state index is -0.479. The highest BCUT2D eigenvalue weighted by molar-refractivity contribution is 8.15. The van der Waals surface area contributed by atoms with Gasteiger partial charge in [-0.2, -0.15) is 0 Å². The van der Waals surface area contributed by atoms with Crippen LogP contribution < -0.4 is 10.1 Å². The molecule has 7 heteroatoms. The molecule has 0 spiro atoms. The molecule has 0 saturated carbocycles. The van der Waals surface area contributed by atoms with E-state index in [1.165, 1.54) is 16.7 Å². The normalized spacial score (nSPS) is 17.7. The maximum absolute atomic E-state index is 12.6. The Balaban J connectivity index is 1.65. The number of hydrogen-bond acceptors (Lipinski definition) is 5. The SMILES string of the molecule is CCOc1ccc(N=C2S[C@H](CC(=O)Nc3ccc(C)cc3C)C(=O)N2C)cc1. The highest BCUT2D eigenvalue weighted by atomic mass is 32.2. The monoisotopic (exact) mass is 411 g/mol. The minimum absolute atomic E-state index is 0.101. The van der Waals surface area contributed by atoms with Gasteiger partial charge in [0, 0.05) is 19.2 Å². The maximum Gasteiger partial charge on any atom is 0.242 e. The third-order valence-corrected chi connectivity index (χ3v) is 5.77. The second kappa shape index (κ2) is 9.13. The van der Waals surface area contributed by atoms with E-state index < -0.39 is 5.25 Å². The van der Waals surface area contributed by atoms with Crippen LogP contribution in [0.25, 0.3) is 0 Å². The molecule has 1 N–H and O–H groups in total. The third-order valence-electron chi connectivity index (χ3n) is 4.54. The Bertz CT molecular complexity index is 941. The van der Waals surface area contributed by atoms with E-state index in [4.69, 9.17) is 4.74 Å². The van der Waals surface area contributed by atoms with E-state index in [2.05, 4.69) is 10.3 Å². The topological polar surface area (TPSA) is 71.0 Å². The molecule has 0 unspecified atom stereocenters. The number of amidine groups is 1. The number of aliphatic imine (C=N–C) groups is 1. The van der Waals surface area contributed by atoms with Crippen LogP contribution in [0.15, 0.2) is 47.5 Å². The summed E-state index contributed by atoms with van der Waals surface area (Å²) >= 11 is 1.32. The Labute approximate surface area is 175 Å². The van der Waals surface area contributed by atoms with Gasteiger partial charge in [0.2, 0.25) is 11.8 Å². The minimum Gasteiger partial charge on any atom is -0.494 e. The summed E-state index contributed by atoms with van der Waals surface area (Å²) in [4.78, 5) is 31.1. The zero-order valence-corrected chi connectivity index (χ0v) is 17.9. The summed E-state index contributed by atoms with van der Waals surface area (Å²) in [5.41, 5.74) is 3.64. The smallest absolute Gasteiger partial charge is 0.242 e. The Kier molecular flexibility index (Phi) is 6.59. The number of benzene rings is 2. The molecule has 0 radical (unpaired) electrons. The van der Waals surface area contributed by atoms with Gasteiger partial charge in [-0.15, -0.1) is 0 Å². The maximum atomic E-state index is 12.6. The fraction of sp³-hybridized carbons (Fsp3) is 0.318. The van der Waals surface area contributed by atoms with Crippen LogP contribution in [0.2, 0.25) is 0 Å². The molecule has 1 aliphatic heterocycles. The highest BCUT2D eigenvalue weighted by Gasteiger charge is 2.37. The molecule has 1 heterocycles. The number of ether oxygens (including phenoxy) is 1. The van der Waals surface area contributed by atoms with Crippen molar-refractivity contribution in [3.8, 4) is 5.75 Å². The summed E-state index contributed by atoms with van der Waals surface area (Å²) in [5, 5.41) is 3.01. The number of amides is 2. The van der Waals surface area contributed by atoms with E-state index >= 15 is 0 Å². The van der Waals surface area contributed by atoms with Gasteiger partial charge in [-0.1, -0.05) is 29.5 Å². The summed E-state index contributed by atoms with van der Waals surface area (Å²) in [6.45, 7) is 6.49. The van der Waals surface area contributed by atoms with E-state index in [9.17, 15) is 9.59 Å². The molecular weight excluding hydrogens is 386 g/mol. The van der Waals surface area contributed by atoms with Crippen LogP contribution in [0.4, 0.5) is 11.4 Å². The molecular formula is C22H25N3O3S. The number of thioether (sulfide) groups is 1. The van der Waals surface area contributed by atoms with Crippen LogP contribution in [0.1, 0.15) is 24.5 Å². The number of rotatable bonds is 6. The summed E-state index contributed by atoms with van der Waals surface area (Å²) in [6.07, 6.45) is 0.101. The number of carbonyl (C=O) groups is 2. The van der Waals surface area contributed by atoms with Crippen molar-refractivity contribution in [3.63, 3.8) is 0 Å². The van der Waals surface area contributed by atoms with Crippen molar-refractivity contribution < 1.29 is 14.3 Å². The van der Waals surface area contributed by atoms with Crippen molar-refractivity contribution in [2.75, 3.05) is 19.0 Å². The lowest BCUT2D eigenvalue weighted by molar-refractivity contribution is -0.127. The number of nitrogens with zero attached hydrogens (tertiary/aromatic N) is 2. The van der Waals surface area contributed by atoms with Gasteiger partial charge >= 0.3 is 0 Å². The summed E-state index contributed by atoms with van der Waals surface area (Å²) in [6, 6.07) is 13.2. The molecule has 29 heavy (non-hydrogen) atoms. The number of hydrogen-bond donors (Lipinski definition) is 1. The predicted molar refractivity (Wildman–Crippen MR) is 118 cm³/mol. The molecule has 3 rings (SSSR count). The first kappa shape index (κ1) is 20.9. The van der Waals surface area contributed by atoms with E-state index in [0.29, 0.717) is 11.8 Å². The average molecular weight is 412 g/mol. The molecule has 1 fully saturated rings. The van der Waals surface area contributed by atoms with Crippen molar-refractivity contribution in [1.29, 1.82) is 0 Å². The molecule has 2 aromatic carbocycles. The Morgan fingerprint density at radius 3 is 2.59 bits per heavy atom. The summed E-state index contributed by atoms with van der Waals surface area (Å²) < 4.78 is 5.43. The molecule has 2 amide bonds. The number of anilines is 1. The first-order chi connectivity index (χ1) is 13.9. The quantitative estimate of drug-likeness (QED) is 0.770. The molecule has 1 saturated heterocycles. The fourth-order valence-corrected chi connectivity index (χ4v) is 4.17. The standard InChI is InChI=1S/C22H25N3O3S/c1-5-28-17-9-7-16(8-10-17)23-22-25(4)21(27)19(29-22)13-20(26)24-18-11-6-14(2)12-15(18)3/h6-12,19H,5,13H2,1-4H3,(H,24,26)/t19-/m1/s1. The second-order valence-corrected chi connectivity index (χ2v) is 8.07. The Morgan fingerprint density at radius 2 is 1.93 bits per heavy atom. The lowest BCUT2D eigenvalue weighted by Gasteiger charge is -2.11. The number of aryl methyl sites for hydroxylation is 2. The van der Waals surface area contributed by atoms with Crippen LogP contribution in [0.3, 0.4) is 0 Å². The lowest BCUT2D eigenvalue weighted by Crippen LogP contribution is -2.30. The molecule has 152 valence electrons. The van der Waals surface area contributed by atoms with E-state index in [1.54, 1.807) is 7.05 Å². The Morgan fingerprint density at radius 1 is 1.21 bits per heavy atom. The van der Waals surface area contributed by atoms with Crippen LogP contribution in [-0.2, 0) is 9.59 Å². The van der Waals surface area contributed by atoms with Gasteiger partial charge in [-0.3, -0.25) is 14.5 Å². The zero-order valence-electron chi connectivity index (χ0n) is 17.1. The highest BCUT2D eigenvalue weighted by Crippen LogP contribution is 2.31. The van der Waals surface area contributed by atoms with Crippen LogP contribution >= 0.6 is 11.8 Å². The van der Waals surface area contributed by atoms with E-state index in [-0.39, 0.29) is 18.2 Å².